The van der Waals surface area contributed by atoms with E-state index >= 15 is 0 Å². The van der Waals surface area contributed by atoms with Gasteiger partial charge in [0.1, 0.15) is 5.69 Å². The monoisotopic (exact) mass is 334 g/mol. The van der Waals surface area contributed by atoms with Crippen LogP contribution in [0.1, 0.15) is 61.5 Å². The van der Waals surface area contributed by atoms with Crippen LogP contribution in [0.4, 0.5) is 0 Å². The van der Waals surface area contributed by atoms with Crippen LogP contribution in [-0.4, -0.2) is 52.3 Å². The molecule has 0 saturated carbocycles. The van der Waals surface area contributed by atoms with Gasteiger partial charge in [0.05, 0.1) is 6.10 Å². The Hall–Kier alpha value is -1.82. The van der Waals surface area contributed by atoms with Crippen molar-refractivity contribution in [2.75, 3.05) is 19.7 Å². The number of amides is 1. The van der Waals surface area contributed by atoms with Gasteiger partial charge < -0.3 is 19.3 Å². The Morgan fingerprint density at radius 2 is 2.00 bits per heavy atom. The lowest BCUT2D eigenvalue weighted by Gasteiger charge is -2.33. The third-order valence-electron chi connectivity index (χ3n) is 5.16. The summed E-state index contributed by atoms with van der Waals surface area (Å²) in [5.74, 6) is -0.695. The summed E-state index contributed by atoms with van der Waals surface area (Å²) in [5.41, 5.74) is 0.328. The van der Waals surface area contributed by atoms with Gasteiger partial charge in [0, 0.05) is 38.4 Å². The average molecular weight is 334 g/mol. The van der Waals surface area contributed by atoms with Crippen molar-refractivity contribution in [1.82, 2.24) is 9.47 Å². The number of nitrogens with zero attached hydrogens (tertiary/aromatic N) is 2. The molecule has 1 aromatic heterocycles. The number of likely N-dealkylation sites (tertiary alicyclic amines) is 1. The average Bonchev–Trinajstić information content (AvgIpc) is 3.11. The first-order valence-corrected chi connectivity index (χ1v) is 8.94. The van der Waals surface area contributed by atoms with E-state index < -0.39 is 5.97 Å². The Morgan fingerprint density at radius 1 is 1.21 bits per heavy atom. The quantitative estimate of drug-likeness (QED) is 0.899. The maximum Gasteiger partial charge on any atom is 0.352 e. The Bertz CT molecular complexity index is 569. The van der Waals surface area contributed by atoms with Crippen molar-refractivity contribution in [3.8, 4) is 0 Å². The lowest BCUT2D eigenvalue weighted by molar-refractivity contribution is -0.133. The van der Waals surface area contributed by atoms with E-state index in [2.05, 4.69) is 0 Å². The fourth-order valence-electron chi connectivity index (χ4n) is 3.76. The van der Waals surface area contributed by atoms with Crippen LogP contribution in [0.3, 0.4) is 0 Å². The van der Waals surface area contributed by atoms with E-state index in [1.54, 1.807) is 12.1 Å². The second-order valence-corrected chi connectivity index (χ2v) is 6.75. The van der Waals surface area contributed by atoms with E-state index in [9.17, 15) is 14.7 Å². The van der Waals surface area contributed by atoms with E-state index in [0.29, 0.717) is 25.2 Å². The summed E-state index contributed by atoms with van der Waals surface area (Å²) in [6.45, 7) is 2.23. The van der Waals surface area contributed by atoms with Gasteiger partial charge in [0.25, 0.3) is 0 Å². The van der Waals surface area contributed by atoms with Crippen LogP contribution >= 0.6 is 0 Å². The van der Waals surface area contributed by atoms with Gasteiger partial charge in [0.2, 0.25) is 5.91 Å². The van der Waals surface area contributed by atoms with Gasteiger partial charge >= 0.3 is 5.97 Å². The Morgan fingerprint density at radius 3 is 2.67 bits per heavy atom. The summed E-state index contributed by atoms with van der Waals surface area (Å²) in [4.78, 5) is 25.5. The van der Waals surface area contributed by atoms with Crippen molar-refractivity contribution >= 4 is 11.9 Å². The number of piperidine rings is 1. The zero-order chi connectivity index (χ0) is 16.9. The van der Waals surface area contributed by atoms with Crippen LogP contribution in [0.5, 0.6) is 0 Å². The number of hydrogen-bond acceptors (Lipinski definition) is 3. The normalized spacial score (nSPS) is 22.5. The molecule has 0 bridgehead atoms. The van der Waals surface area contributed by atoms with Gasteiger partial charge in [-0.05, 0) is 50.7 Å². The van der Waals surface area contributed by atoms with Crippen LogP contribution in [-0.2, 0) is 9.53 Å². The summed E-state index contributed by atoms with van der Waals surface area (Å²) in [5, 5.41) is 9.22. The van der Waals surface area contributed by atoms with Crippen LogP contribution < -0.4 is 0 Å². The van der Waals surface area contributed by atoms with Crippen molar-refractivity contribution in [1.29, 1.82) is 0 Å². The topological polar surface area (TPSA) is 71.8 Å². The first kappa shape index (κ1) is 17.0. The molecular weight excluding hydrogens is 308 g/mol. The number of aromatic carboxylic acids is 1. The third-order valence-corrected chi connectivity index (χ3v) is 5.16. The zero-order valence-corrected chi connectivity index (χ0v) is 14.0. The second-order valence-electron chi connectivity index (χ2n) is 6.75. The maximum absolute atomic E-state index is 12.4. The van der Waals surface area contributed by atoms with Crippen molar-refractivity contribution in [3.63, 3.8) is 0 Å². The van der Waals surface area contributed by atoms with Gasteiger partial charge in [-0.3, -0.25) is 4.79 Å². The molecule has 0 aromatic carbocycles. The van der Waals surface area contributed by atoms with E-state index in [4.69, 9.17) is 4.74 Å². The number of ether oxygens (including phenoxy) is 1. The smallest absolute Gasteiger partial charge is 0.352 e. The fourth-order valence-corrected chi connectivity index (χ4v) is 3.76. The molecule has 1 aromatic rings. The van der Waals surface area contributed by atoms with Gasteiger partial charge in [-0.1, -0.05) is 0 Å². The predicted octanol–water partition coefficient (Wildman–Crippen LogP) is 2.70. The first-order chi connectivity index (χ1) is 11.6. The molecule has 1 amide bonds. The summed E-state index contributed by atoms with van der Waals surface area (Å²) in [6.07, 6.45) is 8.47. The van der Waals surface area contributed by atoms with E-state index in [0.717, 1.165) is 38.7 Å². The Labute approximate surface area is 142 Å². The molecule has 2 saturated heterocycles. The summed E-state index contributed by atoms with van der Waals surface area (Å²) in [6, 6.07) is 3.56. The number of carboxylic acids is 1. The number of aromatic nitrogens is 1. The molecule has 1 N–H and O–H groups in total. The molecule has 1 atom stereocenters. The maximum atomic E-state index is 12.4. The number of hydrogen-bond donors (Lipinski definition) is 1. The highest BCUT2D eigenvalue weighted by atomic mass is 16.5. The van der Waals surface area contributed by atoms with Gasteiger partial charge in [-0.2, -0.15) is 0 Å². The summed E-state index contributed by atoms with van der Waals surface area (Å²) >= 11 is 0. The minimum atomic E-state index is -0.897. The van der Waals surface area contributed by atoms with Crippen LogP contribution in [0.2, 0.25) is 0 Å². The highest BCUT2D eigenvalue weighted by Crippen LogP contribution is 2.25. The summed E-state index contributed by atoms with van der Waals surface area (Å²) in [7, 11) is 0. The van der Waals surface area contributed by atoms with Crippen molar-refractivity contribution < 1.29 is 19.4 Å². The minimum absolute atomic E-state index is 0.164. The molecule has 6 heteroatoms. The molecular formula is C18H26N2O4. The molecule has 0 spiro atoms. The first-order valence-electron chi connectivity index (χ1n) is 8.94. The molecule has 2 aliphatic heterocycles. The largest absolute Gasteiger partial charge is 0.477 e. The zero-order valence-electron chi connectivity index (χ0n) is 14.0. The molecule has 24 heavy (non-hydrogen) atoms. The number of carboxylic acid groups (broad SMARTS) is 1. The fraction of sp³-hybridized carbons (Fsp3) is 0.667. The van der Waals surface area contributed by atoms with E-state index in [1.807, 2.05) is 15.7 Å². The highest BCUT2D eigenvalue weighted by molar-refractivity contribution is 5.85. The SMILES string of the molecule is O=C(O)c1cccn1C1CCN(C(=O)CCC2CCCCO2)CC1. The van der Waals surface area contributed by atoms with Crippen molar-refractivity contribution in [2.45, 2.75) is 57.1 Å². The van der Waals surface area contributed by atoms with Crippen LogP contribution in [0.15, 0.2) is 18.3 Å². The van der Waals surface area contributed by atoms with Crippen molar-refractivity contribution in [3.05, 3.63) is 24.0 Å². The molecule has 1 unspecified atom stereocenters. The lowest BCUT2D eigenvalue weighted by atomic mass is 10.0. The molecule has 3 rings (SSSR count). The number of carbonyl (C=O) groups is 2. The molecule has 132 valence electrons. The predicted molar refractivity (Wildman–Crippen MR) is 89.1 cm³/mol. The van der Waals surface area contributed by atoms with Gasteiger partial charge in [-0.25, -0.2) is 4.79 Å². The van der Waals surface area contributed by atoms with Gasteiger partial charge in [-0.15, -0.1) is 0 Å². The lowest BCUT2D eigenvalue weighted by Crippen LogP contribution is -2.39. The standard InChI is InChI=1S/C18H26N2O4/c21-17(7-6-15-4-1-2-13-24-15)19-11-8-14(9-12-19)20-10-3-5-16(20)18(22)23/h3,5,10,14-15H,1-2,4,6-9,11-13H2,(H,22,23). The second kappa shape index (κ2) is 7.83. The number of carbonyl (C=O) groups excluding carboxylic acids is 1. The van der Waals surface area contributed by atoms with Crippen molar-refractivity contribution in [2.24, 2.45) is 0 Å². The molecule has 3 heterocycles. The number of rotatable bonds is 5. The Kier molecular flexibility index (Phi) is 5.56. The Balaban J connectivity index is 1.46. The van der Waals surface area contributed by atoms with E-state index in [-0.39, 0.29) is 18.1 Å². The third kappa shape index (κ3) is 3.98. The van der Waals surface area contributed by atoms with E-state index in [1.165, 1.54) is 6.42 Å². The molecule has 2 fully saturated rings. The molecule has 2 aliphatic rings. The minimum Gasteiger partial charge on any atom is -0.477 e. The van der Waals surface area contributed by atoms with Gasteiger partial charge in [0.15, 0.2) is 0 Å². The molecule has 6 nitrogen and oxygen atoms in total. The van der Waals surface area contributed by atoms with Crippen LogP contribution in [0, 0.1) is 0 Å². The van der Waals surface area contributed by atoms with Crippen LogP contribution in [0.25, 0.3) is 0 Å². The molecule has 0 radical (unpaired) electrons. The molecule has 0 aliphatic carbocycles. The highest BCUT2D eigenvalue weighted by Gasteiger charge is 2.26. The summed E-state index contributed by atoms with van der Waals surface area (Å²) < 4.78 is 7.52.